The van der Waals surface area contributed by atoms with Gasteiger partial charge in [0.25, 0.3) is 11.5 Å². The minimum atomic E-state index is -4.69. The van der Waals surface area contributed by atoms with Gasteiger partial charge in [-0.15, -0.1) is 0 Å². The molecular weight excluding hydrogens is 373 g/mol. The molecular formula is C20H23F3N2O3. The van der Waals surface area contributed by atoms with Gasteiger partial charge < -0.3 is 15.0 Å². The molecule has 0 unspecified atom stereocenters. The summed E-state index contributed by atoms with van der Waals surface area (Å²) in [5, 5.41) is 2.72. The minimum absolute atomic E-state index is 0.375. The van der Waals surface area contributed by atoms with Crippen LogP contribution in [0.4, 0.5) is 13.2 Å². The van der Waals surface area contributed by atoms with E-state index in [4.69, 9.17) is 4.74 Å². The van der Waals surface area contributed by atoms with Crippen molar-refractivity contribution in [3.05, 3.63) is 69.1 Å². The minimum Gasteiger partial charge on any atom is -0.381 e. The van der Waals surface area contributed by atoms with Crippen molar-refractivity contribution in [1.82, 2.24) is 10.3 Å². The molecule has 2 N–H and O–H groups in total. The van der Waals surface area contributed by atoms with E-state index in [1.165, 1.54) is 0 Å². The first-order valence-electron chi connectivity index (χ1n) is 8.98. The number of alkyl halides is 3. The second-order valence-electron chi connectivity index (χ2n) is 6.45. The van der Waals surface area contributed by atoms with Crippen molar-refractivity contribution >= 4 is 5.91 Å². The first-order valence-corrected chi connectivity index (χ1v) is 8.98. The summed E-state index contributed by atoms with van der Waals surface area (Å²) in [5.41, 5.74) is -0.786. The Labute approximate surface area is 160 Å². The number of aromatic amines is 1. The van der Waals surface area contributed by atoms with Gasteiger partial charge in [-0.1, -0.05) is 36.8 Å². The average Bonchev–Trinajstić information content (AvgIpc) is 2.64. The Kier molecular flexibility index (Phi) is 7.39. The molecule has 2 aromatic rings. The molecule has 0 aliphatic rings. The Bertz CT molecular complexity index is 845. The van der Waals surface area contributed by atoms with Crippen LogP contribution in [-0.2, 0) is 10.9 Å². The van der Waals surface area contributed by atoms with E-state index in [-0.39, 0.29) is 5.56 Å². The Morgan fingerprint density at radius 1 is 1.14 bits per heavy atom. The number of H-pyrrole nitrogens is 1. The normalized spacial score (nSPS) is 12.6. The number of carbonyl (C=O) groups is 1. The van der Waals surface area contributed by atoms with Crippen molar-refractivity contribution in [2.75, 3.05) is 13.2 Å². The van der Waals surface area contributed by atoms with Gasteiger partial charge >= 0.3 is 6.18 Å². The Morgan fingerprint density at radius 2 is 1.82 bits per heavy atom. The quantitative estimate of drug-likeness (QED) is 0.663. The molecule has 0 saturated heterocycles. The largest absolute Gasteiger partial charge is 0.431 e. The maximum absolute atomic E-state index is 12.7. The highest BCUT2D eigenvalue weighted by molar-refractivity contribution is 5.94. The third-order valence-electron chi connectivity index (χ3n) is 4.14. The maximum Gasteiger partial charge on any atom is 0.431 e. The van der Waals surface area contributed by atoms with Crippen LogP contribution in [-0.4, -0.2) is 24.1 Å². The third kappa shape index (κ3) is 5.95. The van der Waals surface area contributed by atoms with E-state index in [1.807, 2.05) is 38.1 Å². The number of pyridine rings is 1. The topological polar surface area (TPSA) is 71.2 Å². The smallest absolute Gasteiger partial charge is 0.381 e. The monoisotopic (exact) mass is 396 g/mol. The van der Waals surface area contributed by atoms with Crippen LogP contribution in [0.1, 0.15) is 53.0 Å². The molecule has 0 spiro atoms. The molecule has 0 aliphatic heterocycles. The van der Waals surface area contributed by atoms with Gasteiger partial charge in [0.2, 0.25) is 0 Å². The molecule has 0 bridgehead atoms. The fraction of sp³-hybridized carbons (Fsp3) is 0.400. The predicted octanol–water partition coefficient (Wildman–Crippen LogP) is 3.99. The van der Waals surface area contributed by atoms with Crippen molar-refractivity contribution in [3.63, 3.8) is 0 Å². The van der Waals surface area contributed by atoms with Crippen molar-refractivity contribution < 1.29 is 22.7 Å². The van der Waals surface area contributed by atoms with Crippen LogP contribution in [0.5, 0.6) is 0 Å². The van der Waals surface area contributed by atoms with E-state index in [9.17, 15) is 22.8 Å². The zero-order valence-corrected chi connectivity index (χ0v) is 15.7. The molecule has 1 aromatic carbocycles. The standard InChI is InChI=1S/C20H23F3N2O3/c1-3-11-28-12-10-16(14-6-4-13(2)5-7-14)24-18(26)15-8-9-17(20(21,22)23)25-19(15)27/h4-9,16H,3,10-12H2,1-2H3,(H,24,26)(H,25,27)/t16-/m1/s1. The highest BCUT2D eigenvalue weighted by atomic mass is 19.4. The molecule has 0 fully saturated rings. The highest BCUT2D eigenvalue weighted by Gasteiger charge is 2.32. The van der Waals surface area contributed by atoms with E-state index in [0.29, 0.717) is 25.7 Å². The fourth-order valence-corrected chi connectivity index (χ4v) is 2.62. The number of hydrogen-bond donors (Lipinski definition) is 2. The van der Waals surface area contributed by atoms with E-state index >= 15 is 0 Å². The molecule has 28 heavy (non-hydrogen) atoms. The number of aryl methyl sites for hydroxylation is 1. The lowest BCUT2D eigenvalue weighted by Crippen LogP contribution is -2.34. The first kappa shape index (κ1) is 21.7. The van der Waals surface area contributed by atoms with Crippen molar-refractivity contribution in [2.45, 2.75) is 38.9 Å². The summed E-state index contributed by atoms with van der Waals surface area (Å²) >= 11 is 0. The van der Waals surface area contributed by atoms with E-state index in [2.05, 4.69) is 5.32 Å². The lowest BCUT2D eigenvalue weighted by molar-refractivity contribution is -0.141. The van der Waals surface area contributed by atoms with Crippen LogP contribution in [0.3, 0.4) is 0 Å². The van der Waals surface area contributed by atoms with Gasteiger partial charge in [0.05, 0.1) is 6.04 Å². The summed E-state index contributed by atoms with van der Waals surface area (Å²) in [6.45, 7) is 4.91. The van der Waals surface area contributed by atoms with Gasteiger partial charge in [0.1, 0.15) is 11.3 Å². The van der Waals surface area contributed by atoms with Gasteiger partial charge in [0.15, 0.2) is 0 Å². The molecule has 8 heteroatoms. The summed E-state index contributed by atoms with van der Waals surface area (Å²) < 4.78 is 43.5. The SMILES string of the molecule is CCCOCC[C@@H](NC(=O)c1ccc(C(F)(F)F)[nH]c1=O)c1ccc(C)cc1. The molecule has 5 nitrogen and oxygen atoms in total. The lowest BCUT2D eigenvalue weighted by Gasteiger charge is -2.19. The number of hydrogen-bond acceptors (Lipinski definition) is 3. The van der Waals surface area contributed by atoms with Crippen LogP contribution in [0.2, 0.25) is 0 Å². The number of amides is 1. The molecule has 0 radical (unpaired) electrons. The van der Waals surface area contributed by atoms with Crippen LogP contribution < -0.4 is 10.9 Å². The van der Waals surface area contributed by atoms with E-state index in [1.54, 1.807) is 4.98 Å². The van der Waals surface area contributed by atoms with Crippen LogP contribution in [0, 0.1) is 6.92 Å². The summed E-state index contributed by atoms with van der Waals surface area (Å²) in [7, 11) is 0. The van der Waals surface area contributed by atoms with E-state index in [0.717, 1.165) is 23.6 Å². The Hall–Kier alpha value is -2.61. The van der Waals surface area contributed by atoms with Crippen molar-refractivity contribution in [3.8, 4) is 0 Å². The Balaban J connectivity index is 2.19. The molecule has 0 saturated carbocycles. The summed E-state index contributed by atoms with van der Waals surface area (Å²) in [6, 6.07) is 8.64. The first-order chi connectivity index (χ1) is 13.2. The molecule has 1 amide bonds. The van der Waals surface area contributed by atoms with Crippen LogP contribution in [0.15, 0.2) is 41.2 Å². The molecule has 0 aliphatic carbocycles. The number of carbonyl (C=O) groups excluding carboxylic acids is 1. The fourth-order valence-electron chi connectivity index (χ4n) is 2.62. The third-order valence-corrected chi connectivity index (χ3v) is 4.14. The van der Waals surface area contributed by atoms with Crippen LogP contribution in [0.25, 0.3) is 0 Å². The van der Waals surface area contributed by atoms with Gasteiger partial charge in [-0.2, -0.15) is 13.2 Å². The molecule has 1 aromatic heterocycles. The summed E-state index contributed by atoms with van der Waals surface area (Å²) in [6.07, 6.45) is -3.36. The molecule has 152 valence electrons. The number of halogens is 3. The number of rotatable bonds is 8. The number of ether oxygens (including phenoxy) is 1. The second kappa shape index (κ2) is 9.54. The van der Waals surface area contributed by atoms with Crippen molar-refractivity contribution in [2.24, 2.45) is 0 Å². The zero-order chi connectivity index (χ0) is 20.7. The predicted molar refractivity (Wildman–Crippen MR) is 99.2 cm³/mol. The summed E-state index contributed by atoms with van der Waals surface area (Å²) in [4.78, 5) is 26.2. The van der Waals surface area contributed by atoms with Gasteiger partial charge in [-0.25, -0.2) is 0 Å². The highest BCUT2D eigenvalue weighted by Crippen LogP contribution is 2.26. The second-order valence-corrected chi connectivity index (χ2v) is 6.45. The average molecular weight is 396 g/mol. The number of nitrogens with one attached hydrogen (secondary N) is 2. The maximum atomic E-state index is 12.7. The number of aromatic nitrogens is 1. The van der Waals surface area contributed by atoms with Crippen molar-refractivity contribution in [1.29, 1.82) is 0 Å². The molecule has 1 heterocycles. The molecule has 1 atom stereocenters. The lowest BCUT2D eigenvalue weighted by atomic mass is 10.0. The van der Waals surface area contributed by atoms with Gasteiger partial charge in [-0.3, -0.25) is 9.59 Å². The number of benzene rings is 1. The van der Waals surface area contributed by atoms with E-state index < -0.39 is 29.4 Å². The Morgan fingerprint density at radius 3 is 2.39 bits per heavy atom. The van der Waals surface area contributed by atoms with Gasteiger partial charge in [0, 0.05) is 13.2 Å². The zero-order valence-electron chi connectivity index (χ0n) is 15.7. The molecule has 2 rings (SSSR count). The van der Waals surface area contributed by atoms with Crippen LogP contribution >= 0.6 is 0 Å². The van der Waals surface area contributed by atoms with Gasteiger partial charge in [-0.05, 0) is 37.5 Å². The summed E-state index contributed by atoms with van der Waals surface area (Å²) in [5.74, 6) is -0.740.